The lowest BCUT2D eigenvalue weighted by atomic mass is 9.96. The van der Waals surface area contributed by atoms with E-state index in [4.69, 9.17) is 4.74 Å². The van der Waals surface area contributed by atoms with Crippen molar-refractivity contribution in [3.05, 3.63) is 51.1 Å². The summed E-state index contributed by atoms with van der Waals surface area (Å²) in [5.41, 5.74) is 0. The van der Waals surface area contributed by atoms with Crippen LogP contribution in [0.2, 0.25) is 0 Å². The van der Waals surface area contributed by atoms with Gasteiger partial charge in [0.05, 0.1) is 4.47 Å². The summed E-state index contributed by atoms with van der Waals surface area (Å²) in [5.74, 6) is 1.45. The monoisotopic (exact) mass is 445 g/mol. The quantitative estimate of drug-likeness (QED) is 0.586. The SMILES string of the molecule is Cl.OC(CNC(c1cccs1)C1CCCC1)COc1ccccc1Br. The van der Waals surface area contributed by atoms with E-state index in [0.29, 0.717) is 18.5 Å². The van der Waals surface area contributed by atoms with E-state index in [1.165, 1.54) is 30.6 Å². The van der Waals surface area contributed by atoms with Gasteiger partial charge in [-0.2, -0.15) is 0 Å². The van der Waals surface area contributed by atoms with Crippen LogP contribution in [-0.2, 0) is 0 Å². The van der Waals surface area contributed by atoms with Crippen LogP contribution in [0.4, 0.5) is 0 Å². The predicted molar refractivity (Wildman–Crippen MR) is 110 cm³/mol. The van der Waals surface area contributed by atoms with Gasteiger partial charge in [-0.1, -0.05) is 31.0 Å². The van der Waals surface area contributed by atoms with E-state index in [0.717, 1.165) is 10.2 Å². The van der Waals surface area contributed by atoms with Crippen LogP contribution < -0.4 is 10.1 Å². The molecule has 2 aromatic rings. The Bertz CT molecular complexity index is 620. The fraction of sp³-hybridized carbons (Fsp3) is 0.474. The van der Waals surface area contributed by atoms with Gasteiger partial charge in [0.1, 0.15) is 18.5 Å². The van der Waals surface area contributed by atoms with Crippen molar-refractivity contribution in [2.75, 3.05) is 13.2 Å². The maximum absolute atomic E-state index is 10.3. The molecular formula is C19H25BrClNO2S. The molecule has 1 aliphatic rings. The average molecular weight is 447 g/mol. The number of hydrogen-bond acceptors (Lipinski definition) is 4. The lowest BCUT2D eigenvalue weighted by Crippen LogP contribution is -2.36. The first-order valence-electron chi connectivity index (χ1n) is 8.56. The topological polar surface area (TPSA) is 41.5 Å². The molecule has 0 bridgehead atoms. The van der Waals surface area contributed by atoms with Gasteiger partial charge < -0.3 is 15.2 Å². The maximum atomic E-state index is 10.3. The number of thiophene rings is 1. The van der Waals surface area contributed by atoms with E-state index in [1.54, 1.807) is 11.3 Å². The van der Waals surface area contributed by atoms with Gasteiger partial charge in [0.15, 0.2) is 0 Å². The fourth-order valence-electron chi connectivity index (χ4n) is 3.33. The second kappa shape index (κ2) is 10.5. The number of aliphatic hydroxyl groups excluding tert-OH is 1. The third-order valence-corrected chi connectivity index (χ3v) is 6.17. The van der Waals surface area contributed by atoms with Crippen molar-refractivity contribution in [3.63, 3.8) is 0 Å². The van der Waals surface area contributed by atoms with Crippen LogP contribution in [0.5, 0.6) is 5.75 Å². The molecular weight excluding hydrogens is 422 g/mol. The number of benzene rings is 1. The molecule has 0 radical (unpaired) electrons. The summed E-state index contributed by atoms with van der Waals surface area (Å²) in [6, 6.07) is 12.4. The molecule has 2 N–H and O–H groups in total. The van der Waals surface area contributed by atoms with E-state index >= 15 is 0 Å². The highest BCUT2D eigenvalue weighted by Crippen LogP contribution is 2.37. The van der Waals surface area contributed by atoms with Crippen LogP contribution in [0.15, 0.2) is 46.3 Å². The number of para-hydroxylation sites is 1. The van der Waals surface area contributed by atoms with E-state index in [9.17, 15) is 5.11 Å². The molecule has 25 heavy (non-hydrogen) atoms. The Morgan fingerprint density at radius 3 is 2.64 bits per heavy atom. The van der Waals surface area contributed by atoms with Crippen molar-refractivity contribution >= 4 is 39.7 Å². The number of halogens is 2. The molecule has 3 nitrogen and oxygen atoms in total. The number of ether oxygens (including phenoxy) is 1. The van der Waals surface area contributed by atoms with E-state index in [-0.39, 0.29) is 19.0 Å². The van der Waals surface area contributed by atoms with Crippen LogP contribution in [0.25, 0.3) is 0 Å². The molecule has 0 aliphatic heterocycles. The fourth-order valence-corrected chi connectivity index (χ4v) is 4.62. The maximum Gasteiger partial charge on any atom is 0.133 e. The molecule has 0 amide bonds. The molecule has 1 aliphatic carbocycles. The van der Waals surface area contributed by atoms with Gasteiger partial charge >= 0.3 is 0 Å². The Balaban J connectivity index is 0.00000225. The van der Waals surface area contributed by atoms with Gasteiger partial charge in [0.2, 0.25) is 0 Å². The minimum absolute atomic E-state index is 0. The molecule has 1 aromatic heterocycles. The number of nitrogens with one attached hydrogen (secondary N) is 1. The summed E-state index contributed by atoms with van der Waals surface area (Å²) < 4.78 is 6.62. The molecule has 2 atom stereocenters. The van der Waals surface area contributed by atoms with Crippen molar-refractivity contribution in [2.24, 2.45) is 5.92 Å². The van der Waals surface area contributed by atoms with Crippen LogP contribution in [0.3, 0.4) is 0 Å². The van der Waals surface area contributed by atoms with Crippen LogP contribution in [0.1, 0.15) is 36.6 Å². The summed E-state index contributed by atoms with van der Waals surface area (Å²) in [6.45, 7) is 0.834. The third-order valence-electron chi connectivity index (χ3n) is 4.56. The predicted octanol–water partition coefficient (Wildman–Crippen LogP) is 5.19. The largest absolute Gasteiger partial charge is 0.490 e. The van der Waals surface area contributed by atoms with Gasteiger partial charge in [-0.3, -0.25) is 0 Å². The Hall–Kier alpha value is -0.590. The second-order valence-corrected chi connectivity index (χ2v) is 8.17. The van der Waals surface area contributed by atoms with Gasteiger partial charge in [-0.25, -0.2) is 0 Å². The average Bonchev–Trinajstić information content (AvgIpc) is 3.28. The van der Waals surface area contributed by atoms with Gasteiger partial charge in [-0.05, 0) is 58.3 Å². The molecule has 1 aromatic carbocycles. The van der Waals surface area contributed by atoms with Crippen molar-refractivity contribution in [1.29, 1.82) is 0 Å². The zero-order valence-electron chi connectivity index (χ0n) is 14.1. The molecule has 1 fully saturated rings. The molecule has 1 heterocycles. The Labute approximate surface area is 168 Å². The van der Waals surface area contributed by atoms with Gasteiger partial charge in [0, 0.05) is 17.5 Å². The zero-order valence-corrected chi connectivity index (χ0v) is 17.3. The molecule has 2 unspecified atom stereocenters. The highest BCUT2D eigenvalue weighted by molar-refractivity contribution is 9.10. The highest BCUT2D eigenvalue weighted by atomic mass is 79.9. The van der Waals surface area contributed by atoms with Crippen molar-refractivity contribution in [3.8, 4) is 5.75 Å². The van der Waals surface area contributed by atoms with Crippen molar-refractivity contribution in [1.82, 2.24) is 5.32 Å². The summed E-state index contributed by atoms with van der Waals surface area (Å²) in [5, 5.41) is 16.0. The van der Waals surface area contributed by atoms with E-state index < -0.39 is 6.10 Å². The van der Waals surface area contributed by atoms with Crippen LogP contribution >= 0.6 is 39.7 Å². The van der Waals surface area contributed by atoms with E-state index in [2.05, 4.69) is 38.8 Å². The first-order valence-corrected chi connectivity index (χ1v) is 10.2. The molecule has 138 valence electrons. The molecule has 1 saturated carbocycles. The molecule has 0 spiro atoms. The number of hydrogen-bond donors (Lipinski definition) is 2. The third kappa shape index (κ3) is 5.97. The minimum atomic E-state index is -0.527. The lowest BCUT2D eigenvalue weighted by molar-refractivity contribution is 0.101. The van der Waals surface area contributed by atoms with E-state index in [1.807, 2.05) is 24.3 Å². The second-order valence-electron chi connectivity index (χ2n) is 6.34. The summed E-state index contributed by atoms with van der Waals surface area (Å²) in [6.07, 6.45) is 4.67. The Morgan fingerprint density at radius 1 is 1.20 bits per heavy atom. The van der Waals surface area contributed by atoms with Crippen molar-refractivity contribution in [2.45, 2.75) is 37.8 Å². The van der Waals surface area contributed by atoms with Crippen molar-refractivity contribution < 1.29 is 9.84 Å². The summed E-state index contributed by atoms with van der Waals surface area (Å²) in [7, 11) is 0. The summed E-state index contributed by atoms with van der Waals surface area (Å²) >= 11 is 5.26. The molecule has 6 heteroatoms. The van der Waals surface area contributed by atoms with Gasteiger partial charge in [0.25, 0.3) is 0 Å². The number of rotatable bonds is 8. The Kier molecular flexibility index (Phi) is 8.73. The first kappa shape index (κ1) is 20.7. The molecule has 0 saturated heterocycles. The smallest absolute Gasteiger partial charge is 0.133 e. The number of aliphatic hydroxyl groups is 1. The Morgan fingerprint density at radius 2 is 1.96 bits per heavy atom. The normalized spacial score (nSPS) is 17.0. The lowest BCUT2D eigenvalue weighted by Gasteiger charge is -2.25. The summed E-state index contributed by atoms with van der Waals surface area (Å²) in [4.78, 5) is 1.38. The highest BCUT2D eigenvalue weighted by Gasteiger charge is 2.27. The standard InChI is InChI=1S/C19H24BrNO2S.ClH/c20-16-8-3-4-9-17(16)23-13-15(22)12-21-19(14-6-1-2-7-14)18-10-5-11-24-18;/h3-5,8-11,14-15,19,21-22H,1-2,6-7,12-13H2;1H. The van der Waals surface area contributed by atoms with Crippen LogP contribution in [-0.4, -0.2) is 24.4 Å². The van der Waals surface area contributed by atoms with Crippen LogP contribution in [0, 0.1) is 5.92 Å². The zero-order chi connectivity index (χ0) is 16.8. The first-order chi connectivity index (χ1) is 11.7. The minimum Gasteiger partial charge on any atom is -0.490 e. The van der Waals surface area contributed by atoms with Gasteiger partial charge in [-0.15, -0.1) is 23.7 Å². The molecule has 3 rings (SSSR count).